The molecule has 1 aliphatic heterocycles. The Hall–Kier alpha value is -1.36. The molecule has 1 fully saturated rings. The van der Waals surface area contributed by atoms with Crippen molar-refractivity contribution < 1.29 is 4.74 Å². The second-order valence-electron chi connectivity index (χ2n) is 5.95. The van der Waals surface area contributed by atoms with Crippen molar-refractivity contribution in [2.75, 3.05) is 37.0 Å². The highest BCUT2D eigenvalue weighted by Gasteiger charge is 2.33. The fraction of sp³-hybridized carbons (Fsp3) is 0.733. The highest BCUT2D eigenvalue weighted by molar-refractivity contribution is 5.59. The zero-order valence-electron chi connectivity index (χ0n) is 13.3. The van der Waals surface area contributed by atoms with Crippen molar-refractivity contribution >= 4 is 11.6 Å². The Kier molecular flexibility index (Phi) is 4.48. The van der Waals surface area contributed by atoms with E-state index in [1.165, 1.54) is 0 Å². The second kappa shape index (κ2) is 5.95. The molecule has 0 spiro atoms. The lowest BCUT2D eigenvalue weighted by Crippen LogP contribution is -2.53. The van der Waals surface area contributed by atoms with E-state index in [1.807, 2.05) is 7.05 Å². The number of anilines is 2. The predicted octanol–water partition coefficient (Wildman–Crippen LogP) is 2.39. The molecular formula is C15H26N4O. The standard InChI is InChI=1S/C15H26N4O/c1-6-7-12-17-13(16-5)11(2)14(18-12)19-8-9-20-10-15(19,3)4/h6-10H2,1-5H3,(H,16,17,18). The number of rotatable bonds is 4. The third kappa shape index (κ3) is 2.87. The Balaban J connectivity index is 2.45. The lowest BCUT2D eigenvalue weighted by Gasteiger charge is -2.43. The first kappa shape index (κ1) is 15.0. The lowest BCUT2D eigenvalue weighted by molar-refractivity contribution is 0.0638. The highest BCUT2D eigenvalue weighted by atomic mass is 16.5. The summed E-state index contributed by atoms with van der Waals surface area (Å²) in [6, 6.07) is 0. The summed E-state index contributed by atoms with van der Waals surface area (Å²) in [4.78, 5) is 11.8. The number of aryl methyl sites for hydroxylation is 1. The largest absolute Gasteiger partial charge is 0.377 e. The normalized spacial score (nSPS) is 18.1. The van der Waals surface area contributed by atoms with Crippen LogP contribution in [0.15, 0.2) is 0 Å². The molecule has 5 heteroatoms. The summed E-state index contributed by atoms with van der Waals surface area (Å²) in [5, 5.41) is 3.19. The van der Waals surface area contributed by atoms with Crippen molar-refractivity contribution in [3.8, 4) is 0 Å². The van der Waals surface area contributed by atoms with Crippen molar-refractivity contribution in [2.24, 2.45) is 0 Å². The maximum Gasteiger partial charge on any atom is 0.137 e. The number of aromatic nitrogens is 2. The van der Waals surface area contributed by atoms with E-state index in [0.29, 0.717) is 0 Å². The third-order valence-corrected chi connectivity index (χ3v) is 3.78. The topological polar surface area (TPSA) is 50.3 Å². The van der Waals surface area contributed by atoms with Crippen molar-refractivity contribution in [2.45, 2.75) is 46.1 Å². The number of nitrogens with zero attached hydrogens (tertiary/aromatic N) is 3. The second-order valence-corrected chi connectivity index (χ2v) is 5.95. The molecule has 0 aliphatic carbocycles. The SMILES string of the molecule is CCCc1nc(NC)c(C)c(N2CCOCC2(C)C)n1. The van der Waals surface area contributed by atoms with Crippen molar-refractivity contribution in [3.05, 3.63) is 11.4 Å². The van der Waals surface area contributed by atoms with E-state index in [-0.39, 0.29) is 5.54 Å². The molecule has 1 saturated heterocycles. The van der Waals surface area contributed by atoms with Crippen molar-refractivity contribution in [3.63, 3.8) is 0 Å². The van der Waals surface area contributed by atoms with Crippen LogP contribution in [0.1, 0.15) is 38.6 Å². The molecule has 1 aromatic rings. The lowest BCUT2D eigenvalue weighted by atomic mass is 10.0. The van der Waals surface area contributed by atoms with Crippen LogP contribution in [-0.2, 0) is 11.2 Å². The van der Waals surface area contributed by atoms with Gasteiger partial charge in [0.15, 0.2) is 0 Å². The molecule has 0 bridgehead atoms. The Bertz CT molecular complexity index is 473. The van der Waals surface area contributed by atoms with Gasteiger partial charge in [-0.1, -0.05) is 6.92 Å². The summed E-state index contributed by atoms with van der Waals surface area (Å²) in [6.07, 6.45) is 1.96. The van der Waals surface area contributed by atoms with Crippen molar-refractivity contribution in [1.29, 1.82) is 0 Å². The van der Waals surface area contributed by atoms with Crippen molar-refractivity contribution in [1.82, 2.24) is 9.97 Å². The molecule has 5 nitrogen and oxygen atoms in total. The monoisotopic (exact) mass is 278 g/mol. The van der Waals surface area contributed by atoms with Gasteiger partial charge < -0.3 is 15.0 Å². The fourth-order valence-electron chi connectivity index (χ4n) is 2.64. The minimum absolute atomic E-state index is 0.0359. The van der Waals surface area contributed by atoms with Gasteiger partial charge in [0, 0.05) is 25.6 Å². The van der Waals surface area contributed by atoms with Crippen LogP contribution in [0.25, 0.3) is 0 Å². The number of hydrogen-bond acceptors (Lipinski definition) is 5. The number of ether oxygens (including phenoxy) is 1. The Morgan fingerprint density at radius 3 is 2.70 bits per heavy atom. The molecule has 112 valence electrons. The van der Waals surface area contributed by atoms with E-state index in [9.17, 15) is 0 Å². The molecule has 0 saturated carbocycles. The molecular weight excluding hydrogens is 252 g/mol. The van der Waals surface area contributed by atoms with E-state index in [2.05, 4.69) is 42.9 Å². The average molecular weight is 278 g/mol. The number of hydrogen-bond donors (Lipinski definition) is 1. The maximum absolute atomic E-state index is 5.61. The summed E-state index contributed by atoms with van der Waals surface area (Å²) < 4.78 is 5.61. The molecule has 2 rings (SSSR count). The van der Waals surface area contributed by atoms with Gasteiger partial charge in [-0.2, -0.15) is 0 Å². The van der Waals surface area contributed by atoms with E-state index in [0.717, 1.165) is 55.6 Å². The number of nitrogens with one attached hydrogen (secondary N) is 1. The van der Waals surface area contributed by atoms with E-state index < -0.39 is 0 Å². The minimum atomic E-state index is -0.0359. The van der Waals surface area contributed by atoms with Crippen LogP contribution in [0.4, 0.5) is 11.6 Å². The molecule has 20 heavy (non-hydrogen) atoms. The Morgan fingerprint density at radius 2 is 2.10 bits per heavy atom. The first-order valence-electron chi connectivity index (χ1n) is 7.40. The Morgan fingerprint density at radius 1 is 1.35 bits per heavy atom. The Labute approximate surface area is 121 Å². The molecule has 1 aromatic heterocycles. The molecule has 0 unspecified atom stereocenters. The van der Waals surface area contributed by atoms with Gasteiger partial charge in [-0.3, -0.25) is 0 Å². The summed E-state index contributed by atoms with van der Waals surface area (Å²) in [7, 11) is 1.92. The molecule has 0 aromatic carbocycles. The van der Waals surface area contributed by atoms with Gasteiger partial charge in [0.25, 0.3) is 0 Å². The van der Waals surface area contributed by atoms with Gasteiger partial charge in [0.05, 0.1) is 18.8 Å². The first-order valence-corrected chi connectivity index (χ1v) is 7.40. The van der Waals surface area contributed by atoms with Crippen LogP contribution < -0.4 is 10.2 Å². The van der Waals surface area contributed by atoms with Crippen LogP contribution in [-0.4, -0.2) is 42.3 Å². The van der Waals surface area contributed by atoms with Crippen LogP contribution >= 0.6 is 0 Å². The van der Waals surface area contributed by atoms with Gasteiger partial charge in [-0.15, -0.1) is 0 Å². The maximum atomic E-state index is 5.61. The average Bonchev–Trinajstić information content (AvgIpc) is 2.41. The van der Waals surface area contributed by atoms with Gasteiger partial charge in [0.2, 0.25) is 0 Å². The van der Waals surface area contributed by atoms with Crippen LogP contribution in [0.3, 0.4) is 0 Å². The zero-order chi connectivity index (χ0) is 14.8. The van der Waals surface area contributed by atoms with E-state index >= 15 is 0 Å². The molecule has 1 aliphatic rings. The summed E-state index contributed by atoms with van der Waals surface area (Å²) in [5.74, 6) is 2.89. The van der Waals surface area contributed by atoms with Gasteiger partial charge in [-0.05, 0) is 27.2 Å². The van der Waals surface area contributed by atoms with Crippen LogP contribution in [0, 0.1) is 6.92 Å². The van der Waals surface area contributed by atoms with Gasteiger partial charge >= 0.3 is 0 Å². The van der Waals surface area contributed by atoms with E-state index in [1.54, 1.807) is 0 Å². The summed E-state index contributed by atoms with van der Waals surface area (Å²) in [6.45, 7) is 11.0. The quantitative estimate of drug-likeness (QED) is 0.916. The van der Waals surface area contributed by atoms with Gasteiger partial charge in [0.1, 0.15) is 17.5 Å². The summed E-state index contributed by atoms with van der Waals surface area (Å²) in [5.41, 5.74) is 1.08. The zero-order valence-corrected chi connectivity index (χ0v) is 13.3. The van der Waals surface area contributed by atoms with E-state index in [4.69, 9.17) is 9.72 Å². The summed E-state index contributed by atoms with van der Waals surface area (Å²) >= 11 is 0. The minimum Gasteiger partial charge on any atom is -0.377 e. The molecule has 0 amide bonds. The van der Waals surface area contributed by atoms with Gasteiger partial charge in [-0.25, -0.2) is 9.97 Å². The van der Waals surface area contributed by atoms with Crippen LogP contribution in [0.5, 0.6) is 0 Å². The number of morpholine rings is 1. The molecule has 0 atom stereocenters. The third-order valence-electron chi connectivity index (χ3n) is 3.78. The molecule has 2 heterocycles. The predicted molar refractivity (Wildman–Crippen MR) is 82.6 cm³/mol. The molecule has 1 N–H and O–H groups in total. The highest BCUT2D eigenvalue weighted by Crippen LogP contribution is 2.30. The fourth-order valence-corrected chi connectivity index (χ4v) is 2.64. The van der Waals surface area contributed by atoms with Crippen LogP contribution in [0.2, 0.25) is 0 Å². The smallest absolute Gasteiger partial charge is 0.137 e. The first-order chi connectivity index (χ1) is 9.49. The molecule has 0 radical (unpaired) electrons.